The third-order valence-corrected chi connectivity index (χ3v) is 3.57. The van der Waals surface area contributed by atoms with Crippen molar-refractivity contribution in [2.75, 3.05) is 26.6 Å². The van der Waals surface area contributed by atoms with Crippen LogP contribution >= 0.6 is 11.6 Å². The first-order valence-electron chi connectivity index (χ1n) is 6.90. The van der Waals surface area contributed by atoms with Gasteiger partial charge in [-0.2, -0.15) is 0 Å². The number of methoxy groups -OCH3 is 3. The maximum Gasteiger partial charge on any atom is 0.339 e. The van der Waals surface area contributed by atoms with Crippen molar-refractivity contribution in [3.63, 3.8) is 0 Å². The van der Waals surface area contributed by atoms with E-state index in [4.69, 9.17) is 21.1 Å². The van der Waals surface area contributed by atoms with E-state index in [1.807, 2.05) is 0 Å². The number of esters is 1. The van der Waals surface area contributed by atoms with Gasteiger partial charge < -0.3 is 19.5 Å². The van der Waals surface area contributed by atoms with Gasteiger partial charge in [-0.25, -0.2) is 4.79 Å². The van der Waals surface area contributed by atoms with Crippen molar-refractivity contribution in [2.45, 2.75) is 0 Å². The lowest BCUT2D eigenvalue weighted by Gasteiger charge is -2.10. The second-order valence-corrected chi connectivity index (χ2v) is 5.15. The largest absolute Gasteiger partial charge is 0.497 e. The Hall–Kier alpha value is -2.73. The number of carbonyl (C=O) groups excluding carboxylic acids is 2. The molecule has 0 fully saturated rings. The molecular weight excluding hydrogens is 334 g/mol. The fourth-order valence-corrected chi connectivity index (χ4v) is 2.21. The Kier molecular flexibility index (Phi) is 5.65. The van der Waals surface area contributed by atoms with Gasteiger partial charge in [0, 0.05) is 17.3 Å². The quantitative estimate of drug-likeness (QED) is 0.837. The Bertz CT molecular complexity index is 753. The summed E-state index contributed by atoms with van der Waals surface area (Å²) in [7, 11) is 4.25. The van der Waals surface area contributed by atoms with Gasteiger partial charge in [0.05, 0.1) is 31.9 Å². The van der Waals surface area contributed by atoms with Crippen LogP contribution in [0.3, 0.4) is 0 Å². The smallest absolute Gasteiger partial charge is 0.339 e. The Balaban J connectivity index is 2.28. The van der Waals surface area contributed by atoms with Crippen LogP contribution in [-0.4, -0.2) is 33.2 Å². The van der Waals surface area contributed by atoms with E-state index in [9.17, 15) is 9.59 Å². The first kappa shape index (κ1) is 17.6. The van der Waals surface area contributed by atoms with Crippen molar-refractivity contribution in [1.29, 1.82) is 0 Å². The van der Waals surface area contributed by atoms with Crippen LogP contribution < -0.4 is 14.8 Å². The van der Waals surface area contributed by atoms with Gasteiger partial charge in [-0.3, -0.25) is 4.79 Å². The van der Waals surface area contributed by atoms with Crippen LogP contribution in [-0.2, 0) is 4.74 Å². The average Bonchev–Trinajstić information content (AvgIpc) is 2.61. The van der Waals surface area contributed by atoms with Crippen LogP contribution in [0.5, 0.6) is 11.5 Å². The van der Waals surface area contributed by atoms with Crippen molar-refractivity contribution in [2.24, 2.45) is 0 Å². The predicted octanol–water partition coefficient (Wildman–Crippen LogP) is 3.40. The zero-order chi connectivity index (χ0) is 17.7. The molecule has 6 nitrogen and oxygen atoms in total. The summed E-state index contributed by atoms with van der Waals surface area (Å²) in [5, 5.41) is 2.93. The fourth-order valence-electron chi connectivity index (χ4n) is 2.01. The predicted molar refractivity (Wildman–Crippen MR) is 90.3 cm³/mol. The maximum atomic E-state index is 12.4. The minimum Gasteiger partial charge on any atom is -0.497 e. The normalized spacial score (nSPS) is 10.0. The monoisotopic (exact) mass is 349 g/mol. The number of ether oxygens (including phenoxy) is 3. The van der Waals surface area contributed by atoms with Gasteiger partial charge in [-0.1, -0.05) is 11.6 Å². The van der Waals surface area contributed by atoms with Crippen LogP contribution in [0, 0.1) is 0 Å². The van der Waals surface area contributed by atoms with E-state index < -0.39 is 5.97 Å². The van der Waals surface area contributed by atoms with Crippen molar-refractivity contribution < 1.29 is 23.8 Å². The molecule has 0 saturated heterocycles. The molecular formula is C17H16ClNO5. The molecule has 0 aromatic heterocycles. The summed E-state index contributed by atoms with van der Waals surface area (Å²) in [6, 6.07) is 9.36. The average molecular weight is 350 g/mol. The SMILES string of the molecule is COC(=O)c1cc(NC(=O)c2cc(OC)cc(OC)c2)ccc1Cl. The minimum absolute atomic E-state index is 0.167. The molecule has 0 atom stereocenters. The third-order valence-electron chi connectivity index (χ3n) is 3.24. The number of hydrogen-bond donors (Lipinski definition) is 1. The molecule has 0 bridgehead atoms. The number of hydrogen-bond acceptors (Lipinski definition) is 5. The number of carbonyl (C=O) groups is 2. The van der Waals surface area contributed by atoms with Gasteiger partial charge in [0.1, 0.15) is 11.5 Å². The highest BCUT2D eigenvalue weighted by Crippen LogP contribution is 2.25. The Morgan fingerprint density at radius 1 is 0.958 bits per heavy atom. The van der Waals surface area contributed by atoms with Gasteiger partial charge in [0.15, 0.2) is 0 Å². The lowest BCUT2D eigenvalue weighted by Crippen LogP contribution is -2.13. The van der Waals surface area contributed by atoms with Gasteiger partial charge in [-0.15, -0.1) is 0 Å². The molecule has 0 aliphatic rings. The number of rotatable bonds is 5. The van der Waals surface area contributed by atoms with Crippen LogP contribution in [0.1, 0.15) is 20.7 Å². The number of anilines is 1. The third kappa shape index (κ3) is 3.97. The summed E-state index contributed by atoms with van der Waals surface area (Å²) in [5.74, 6) is 0.0150. The summed E-state index contributed by atoms with van der Waals surface area (Å²) in [6.45, 7) is 0. The molecule has 0 spiro atoms. The van der Waals surface area contributed by atoms with Crippen LogP contribution in [0.4, 0.5) is 5.69 Å². The summed E-state index contributed by atoms with van der Waals surface area (Å²) in [4.78, 5) is 24.1. The Morgan fingerprint density at radius 3 is 2.12 bits per heavy atom. The molecule has 0 aliphatic carbocycles. The summed E-state index contributed by atoms with van der Waals surface area (Å²) >= 11 is 5.96. The van der Waals surface area contributed by atoms with E-state index in [0.717, 1.165) is 0 Å². The lowest BCUT2D eigenvalue weighted by atomic mass is 10.1. The summed E-state index contributed by atoms with van der Waals surface area (Å²) in [5.41, 5.74) is 0.924. The van der Waals surface area contributed by atoms with E-state index in [-0.39, 0.29) is 16.5 Å². The molecule has 2 aromatic rings. The molecule has 0 saturated carbocycles. The fraction of sp³-hybridized carbons (Fsp3) is 0.176. The van der Waals surface area contributed by atoms with Gasteiger partial charge in [0.2, 0.25) is 0 Å². The van der Waals surface area contributed by atoms with Crippen molar-refractivity contribution in [3.05, 3.63) is 52.5 Å². The van der Waals surface area contributed by atoms with Crippen LogP contribution in [0.25, 0.3) is 0 Å². The molecule has 126 valence electrons. The van der Waals surface area contributed by atoms with E-state index in [1.54, 1.807) is 24.3 Å². The number of halogens is 1. The Labute approximate surface area is 144 Å². The number of nitrogens with one attached hydrogen (secondary N) is 1. The molecule has 0 unspecified atom stereocenters. The van der Waals surface area contributed by atoms with Crippen LogP contribution in [0.2, 0.25) is 5.02 Å². The molecule has 2 aromatic carbocycles. The highest BCUT2D eigenvalue weighted by Gasteiger charge is 2.14. The van der Waals surface area contributed by atoms with Crippen molar-refractivity contribution in [1.82, 2.24) is 0 Å². The highest BCUT2D eigenvalue weighted by atomic mass is 35.5. The molecule has 1 amide bonds. The highest BCUT2D eigenvalue weighted by molar-refractivity contribution is 6.33. The van der Waals surface area contributed by atoms with E-state index in [0.29, 0.717) is 22.7 Å². The van der Waals surface area contributed by atoms with Crippen molar-refractivity contribution in [3.8, 4) is 11.5 Å². The molecule has 0 heterocycles. The second kappa shape index (κ2) is 7.70. The minimum atomic E-state index is -0.584. The van der Waals surface area contributed by atoms with E-state index in [2.05, 4.69) is 10.1 Å². The number of amides is 1. The first-order chi connectivity index (χ1) is 11.5. The summed E-state index contributed by atoms with van der Waals surface area (Å²) in [6.07, 6.45) is 0. The first-order valence-corrected chi connectivity index (χ1v) is 7.28. The zero-order valence-electron chi connectivity index (χ0n) is 13.4. The molecule has 24 heavy (non-hydrogen) atoms. The molecule has 2 rings (SSSR count). The topological polar surface area (TPSA) is 73.9 Å². The second-order valence-electron chi connectivity index (χ2n) is 4.74. The van der Waals surface area contributed by atoms with Crippen LogP contribution in [0.15, 0.2) is 36.4 Å². The van der Waals surface area contributed by atoms with Gasteiger partial charge in [0.25, 0.3) is 5.91 Å². The zero-order valence-corrected chi connectivity index (χ0v) is 14.1. The maximum absolute atomic E-state index is 12.4. The number of benzene rings is 2. The van der Waals surface area contributed by atoms with E-state index >= 15 is 0 Å². The molecule has 1 N–H and O–H groups in total. The lowest BCUT2D eigenvalue weighted by molar-refractivity contribution is 0.0600. The van der Waals surface area contributed by atoms with Gasteiger partial charge in [-0.05, 0) is 30.3 Å². The van der Waals surface area contributed by atoms with E-state index in [1.165, 1.54) is 33.5 Å². The standard InChI is InChI=1S/C17H16ClNO5/c1-22-12-6-10(7-13(9-12)23-2)16(20)19-11-4-5-15(18)14(8-11)17(21)24-3/h4-9H,1-3H3,(H,19,20). The summed E-state index contributed by atoms with van der Waals surface area (Å²) < 4.78 is 14.9. The Morgan fingerprint density at radius 2 is 1.58 bits per heavy atom. The van der Waals surface area contributed by atoms with Crippen molar-refractivity contribution >= 4 is 29.2 Å². The molecule has 0 radical (unpaired) electrons. The molecule has 0 aliphatic heterocycles. The molecule has 7 heteroatoms. The van der Waals surface area contributed by atoms with Gasteiger partial charge >= 0.3 is 5.97 Å².